The third-order valence-corrected chi connectivity index (χ3v) is 10.5. The van der Waals surface area contributed by atoms with Crippen molar-refractivity contribution in [2.24, 2.45) is 0 Å². The van der Waals surface area contributed by atoms with Crippen LogP contribution in [0.4, 0.5) is 0 Å². The van der Waals surface area contributed by atoms with Gasteiger partial charge < -0.3 is 13.6 Å². The lowest BCUT2D eigenvalue weighted by Gasteiger charge is -2.09. The molecule has 0 aliphatic carbocycles. The molecule has 11 aromatic rings. The van der Waals surface area contributed by atoms with E-state index in [-0.39, 0.29) is 0 Å². The number of hydrogen-bond acceptors (Lipinski definition) is 1. The Morgan fingerprint density at radius 3 is 1.24 bits per heavy atom. The smallest absolute Gasteiger partial charge is 0.135 e. The van der Waals surface area contributed by atoms with Crippen molar-refractivity contribution in [2.45, 2.75) is 0 Å². The maximum atomic E-state index is 6.15. The van der Waals surface area contributed by atoms with Gasteiger partial charge in [-0.15, -0.1) is 0 Å². The minimum Gasteiger partial charge on any atom is -0.456 e. The Morgan fingerprint density at radius 1 is 0.275 bits per heavy atom. The Morgan fingerprint density at radius 2 is 0.667 bits per heavy atom. The molecule has 0 fully saturated rings. The zero-order valence-electron chi connectivity index (χ0n) is 27.6. The van der Waals surface area contributed by atoms with Gasteiger partial charge in [0.05, 0.1) is 22.1 Å². The van der Waals surface area contributed by atoms with Crippen molar-refractivity contribution in [2.75, 3.05) is 0 Å². The van der Waals surface area contributed by atoms with Crippen molar-refractivity contribution in [1.82, 2.24) is 9.13 Å². The lowest BCUT2D eigenvalue weighted by Crippen LogP contribution is -1.93. The van der Waals surface area contributed by atoms with Crippen molar-refractivity contribution < 1.29 is 4.42 Å². The van der Waals surface area contributed by atoms with Crippen LogP contribution < -0.4 is 0 Å². The molecule has 3 heterocycles. The number of para-hydroxylation sites is 4. The molecule has 3 aromatic heterocycles. The van der Waals surface area contributed by atoms with Crippen LogP contribution in [-0.4, -0.2) is 9.13 Å². The predicted octanol–water partition coefficient (Wildman–Crippen LogP) is 13.1. The van der Waals surface area contributed by atoms with E-state index in [1.165, 1.54) is 71.6 Å². The quantitative estimate of drug-likeness (QED) is 0.186. The summed E-state index contributed by atoms with van der Waals surface area (Å²) in [7, 11) is 0. The Hall–Kier alpha value is -6.84. The molecule has 0 unspecified atom stereocenters. The normalized spacial score (nSPS) is 11.9. The largest absolute Gasteiger partial charge is 0.456 e. The number of hydrogen-bond donors (Lipinski definition) is 0. The molecule has 3 nitrogen and oxygen atoms in total. The van der Waals surface area contributed by atoms with Gasteiger partial charge >= 0.3 is 0 Å². The summed E-state index contributed by atoms with van der Waals surface area (Å²) in [4.78, 5) is 0. The first-order chi connectivity index (χ1) is 25.3. The van der Waals surface area contributed by atoms with Crippen LogP contribution in [-0.2, 0) is 0 Å². The number of fused-ring (bicyclic) bond motifs is 9. The summed E-state index contributed by atoms with van der Waals surface area (Å²) < 4.78 is 10.9. The Bertz CT molecular complexity index is 3130. The standard InChI is InChI=1S/C48H30N2O/c1-3-11-35(12-4-1)49-43-17-9-7-15-37(43)39-27-31(19-23-44(39)49)32-20-24-45-40(28-32)41-29-33(21-25-46(41)50(45)36-13-5-2-6-14-36)34-22-26-48-42(30-34)38-16-8-10-18-47(38)51-48/h1-30H. The molecule has 0 amide bonds. The molecule has 11 rings (SSSR count). The van der Waals surface area contributed by atoms with E-state index in [9.17, 15) is 0 Å². The van der Waals surface area contributed by atoms with Crippen LogP contribution >= 0.6 is 0 Å². The van der Waals surface area contributed by atoms with Crippen molar-refractivity contribution in [1.29, 1.82) is 0 Å². The highest BCUT2D eigenvalue weighted by Gasteiger charge is 2.17. The summed E-state index contributed by atoms with van der Waals surface area (Å²) in [6, 6.07) is 65.6. The molecule has 238 valence electrons. The predicted molar refractivity (Wildman–Crippen MR) is 213 cm³/mol. The van der Waals surface area contributed by atoms with Gasteiger partial charge in [0.1, 0.15) is 11.2 Å². The number of furan rings is 1. The summed E-state index contributed by atoms with van der Waals surface area (Å²) in [6.07, 6.45) is 0. The monoisotopic (exact) mass is 650 g/mol. The number of benzene rings is 8. The lowest BCUT2D eigenvalue weighted by molar-refractivity contribution is 0.669. The molecular weight excluding hydrogens is 621 g/mol. The van der Waals surface area contributed by atoms with Crippen LogP contribution in [0, 0.1) is 0 Å². The summed E-state index contributed by atoms with van der Waals surface area (Å²) in [5.41, 5.74) is 13.7. The minimum atomic E-state index is 0.912. The topological polar surface area (TPSA) is 23.0 Å². The van der Waals surface area contributed by atoms with Gasteiger partial charge in [-0.05, 0) is 107 Å². The maximum absolute atomic E-state index is 6.15. The van der Waals surface area contributed by atoms with Gasteiger partial charge in [-0.25, -0.2) is 0 Å². The second-order valence-corrected chi connectivity index (χ2v) is 13.4. The van der Waals surface area contributed by atoms with E-state index in [0.29, 0.717) is 0 Å². The Kier molecular flexibility index (Phi) is 5.96. The molecule has 0 spiro atoms. The highest BCUT2D eigenvalue weighted by Crippen LogP contribution is 2.40. The molecule has 3 heteroatoms. The van der Waals surface area contributed by atoms with E-state index < -0.39 is 0 Å². The first-order valence-electron chi connectivity index (χ1n) is 17.4. The molecule has 51 heavy (non-hydrogen) atoms. The van der Waals surface area contributed by atoms with Crippen molar-refractivity contribution >= 4 is 65.6 Å². The molecule has 0 saturated carbocycles. The maximum Gasteiger partial charge on any atom is 0.135 e. The average molecular weight is 651 g/mol. The van der Waals surface area contributed by atoms with Crippen LogP contribution in [0.3, 0.4) is 0 Å². The first kappa shape index (κ1) is 28.0. The highest BCUT2D eigenvalue weighted by atomic mass is 16.3. The van der Waals surface area contributed by atoms with Crippen LogP contribution in [0.15, 0.2) is 186 Å². The van der Waals surface area contributed by atoms with Crippen molar-refractivity contribution in [3.05, 3.63) is 182 Å². The summed E-state index contributed by atoms with van der Waals surface area (Å²) >= 11 is 0. The fourth-order valence-electron chi connectivity index (χ4n) is 8.15. The molecule has 0 saturated heterocycles. The molecule has 0 atom stereocenters. The third kappa shape index (κ3) is 4.25. The van der Waals surface area contributed by atoms with Gasteiger partial charge in [0.15, 0.2) is 0 Å². The van der Waals surface area contributed by atoms with Gasteiger partial charge in [0.2, 0.25) is 0 Å². The fourth-order valence-corrected chi connectivity index (χ4v) is 8.15. The van der Waals surface area contributed by atoms with E-state index in [0.717, 1.165) is 27.6 Å². The van der Waals surface area contributed by atoms with E-state index >= 15 is 0 Å². The van der Waals surface area contributed by atoms with Gasteiger partial charge in [-0.3, -0.25) is 0 Å². The number of aromatic nitrogens is 2. The van der Waals surface area contributed by atoms with E-state index in [2.05, 4.69) is 179 Å². The molecule has 0 N–H and O–H groups in total. The van der Waals surface area contributed by atoms with E-state index in [4.69, 9.17) is 4.42 Å². The molecular formula is C48H30N2O. The minimum absolute atomic E-state index is 0.912. The summed E-state index contributed by atoms with van der Waals surface area (Å²) in [6.45, 7) is 0. The summed E-state index contributed by atoms with van der Waals surface area (Å²) in [5.74, 6) is 0. The molecule has 0 bridgehead atoms. The number of rotatable bonds is 4. The second kappa shape index (κ2) is 10.8. The van der Waals surface area contributed by atoms with Gasteiger partial charge in [-0.1, -0.05) is 97.1 Å². The second-order valence-electron chi connectivity index (χ2n) is 13.4. The molecule has 0 aliphatic heterocycles. The molecule has 8 aromatic carbocycles. The highest BCUT2D eigenvalue weighted by molar-refractivity contribution is 6.14. The zero-order chi connectivity index (χ0) is 33.5. The third-order valence-electron chi connectivity index (χ3n) is 10.5. The van der Waals surface area contributed by atoms with Crippen LogP contribution in [0.2, 0.25) is 0 Å². The SMILES string of the molecule is c1ccc(-n2c3ccccc3c3cc(-c4ccc5c(c4)c4cc(-c6ccc7oc8ccccc8c7c6)ccc4n5-c4ccccc4)ccc32)cc1. The zero-order valence-corrected chi connectivity index (χ0v) is 27.6. The average Bonchev–Trinajstić information content (AvgIpc) is 3.85. The van der Waals surface area contributed by atoms with Gasteiger partial charge in [0, 0.05) is 43.7 Å². The Labute approximate surface area is 293 Å². The molecule has 0 radical (unpaired) electrons. The van der Waals surface area contributed by atoms with Crippen LogP contribution in [0.1, 0.15) is 0 Å². The van der Waals surface area contributed by atoms with Crippen LogP contribution in [0.5, 0.6) is 0 Å². The van der Waals surface area contributed by atoms with E-state index in [1.807, 2.05) is 12.1 Å². The van der Waals surface area contributed by atoms with Crippen molar-refractivity contribution in [3.8, 4) is 33.6 Å². The first-order valence-corrected chi connectivity index (χ1v) is 17.4. The number of nitrogens with zero attached hydrogens (tertiary/aromatic N) is 2. The van der Waals surface area contributed by atoms with Gasteiger partial charge in [-0.2, -0.15) is 0 Å². The summed E-state index contributed by atoms with van der Waals surface area (Å²) in [5, 5.41) is 7.25. The van der Waals surface area contributed by atoms with Gasteiger partial charge in [0.25, 0.3) is 0 Å². The lowest BCUT2D eigenvalue weighted by atomic mass is 9.98. The van der Waals surface area contributed by atoms with Crippen molar-refractivity contribution in [3.63, 3.8) is 0 Å². The Balaban J connectivity index is 1.12. The fraction of sp³-hybridized carbons (Fsp3) is 0. The van der Waals surface area contributed by atoms with E-state index in [1.54, 1.807) is 0 Å². The van der Waals surface area contributed by atoms with Crippen LogP contribution in [0.25, 0.3) is 99.2 Å². The molecule has 0 aliphatic rings.